The van der Waals surface area contributed by atoms with Gasteiger partial charge in [0, 0.05) is 10.5 Å². The zero-order valence-corrected chi connectivity index (χ0v) is 11.8. The summed E-state index contributed by atoms with van der Waals surface area (Å²) in [6, 6.07) is 11.9. The molecule has 0 bridgehead atoms. The summed E-state index contributed by atoms with van der Waals surface area (Å²) in [6.07, 6.45) is -1.79. The molecule has 0 heterocycles. The van der Waals surface area contributed by atoms with E-state index < -0.39 is 17.7 Å². The first kappa shape index (κ1) is 14.7. The van der Waals surface area contributed by atoms with Crippen LogP contribution < -0.4 is 4.74 Å². The highest BCUT2D eigenvalue weighted by Crippen LogP contribution is 2.26. The van der Waals surface area contributed by atoms with Crippen molar-refractivity contribution in [1.82, 2.24) is 0 Å². The summed E-state index contributed by atoms with van der Waals surface area (Å²) in [5.41, 5.74) is 0.580. The molecule has 0 fully saturated rings. The predicted octanol–water partition coefficient (Wildman–Crippen LogP) is 5.27. The lowest BCUT2D eigenvalue weighted by molar-refractivity contribution is -0.132. The lowest BCUT2D eigenvalue weighted by Gasteiger charge is -2.14. The molecule has 0 aromatic heterocycles. The van der Waals surface area contributed by atoms with Crippen molar-refractivity contribution in [3.8, 4) is 5.75 Å². The van der Waals surface area contributed by atoms with Crippen LogP contribution in [-0.4, -0.2) is 6.11 Å². The molecule has 0 aliphatic rings. The van der Waals surface area contributed by atoms with E-state index in [0.717, 1.165) is 16.6 Å². The second kappa shape index (κ2) is 6.13. The average molecular weight is 343 g/mol. The fourth-order valence-corrected chi connectivity index (χ4v) is 1.93. The number of benzene rings is 2. The molecule has 0 unspecified atom stereocenters. The highest BCUT2D eigenvalue weighted by atomic mass is 79.9. The fraction of sp³-hybridized carbons (Fsp3) is 0.0667. The summed E-state index contributed by atoms with van der Waals surface area (Å²) < 4.78 is 45.6. The molecule has 0 radical (unpaired) electrons. The average Bonchev–Trinajstić information content (AvgIpc) is 2.39. The second-order valence-corrected chi connectivity index (χ2v) is 4.90. The molecule has 0 spiro atoms. The van der Waals surface area contributed by atoms with Crippen LogP contribution in [0, 0.1) is 5.82 Å². The molecular formula is C15H10BrF3O. The number of ether oxygens (including phenoxy) is 1. The molecule has 0 N–H and O–H groups in total. The van der Waals surface area contributed by atoms with Gasteiger partial charge >= 0.3 is 6.11 Å². The third-order valence-electron chi connectivity index (χ3n) is 2.40. The summed E-state index contributed by atoms with van der Waals surface area (Å²) in [7, 11) is 0. The van der Waals surface area contributed by atoms with Gasteiger partial charge < -0.3 is 4.74 Å². The maximum absolute atomic E-state index is 13.6. The van der Waals surface area contributed by atoms with Crippen LogP contribution in [0.15, 0.2) is 59.1 Å². The van der Waals surface area contributed by atoms with E-state index in [0.29, 0.717) is 11.6 Å². The van der Waals surface area contributed by atoms with Crippen molar-refractivity contribution in [2.24, 2.45) is 0 Å². The molecular weight excluding hydrogens is 333 g/mol. The Morgan fingerprint density at radius 2 is 1.80 bits per heavy atom. The minimum atomic E-state index is -3.59. The van der Waals surface area contributed by atoms with Gasteiger partial charge in [0.15, 0.2) is 11.6 Å². The monoisotopic (exact) mass is 342 g/mol. The SMILES string of the molecule is Fc1ccccc1OC(F)(F)C=Cc1cccc(Br)c1. The van der Waals surface area contributed by atoms with E-state index in [1.807, 2.05) is 0 Å². The van der Waals surface area contributed by atoms with E-state index >= 15 is 0 Å². The summed E-state index contributed by atoms with van der Waals surface area (Å²) in [4.78, 5) is 0. The molecule has 0 aliphatic heterocycles. The molecule has 0 saturated heterocycles. The van der Waals surface area contributed by atoms with Gasteiger partial charge in [-0.05, 0) is 35.9 Å². The largest absolute Gasteiger partial charge is 0.426 e. The highest BCUT2D eigenvalue weighted by molar-refractivity contribution is 9.10. The molecule has 2 aromatic rings. The Labute approximate surface area is 122 Å². The van der Waals surface area contributed by atoms with E-state index in [1.54, 1.807) is 24.3 Å². The first-order valence-corrected chi connectivity index (χ1v) is 6.52. The van der Waals surface area contributed by atoms with Crippen molar-refractivity contribution >= 4 is 22.0 Å². The van der Waals surface area contributed by atoms with E-state index in [2.05, 4.69) is 20.7 Å². The zero-order valence-electron chi connectivity index (χ0n) is 10.2. The molecule has 5 heteroatoms. The maximum atomic E-state index is 13.6. The molecule has 0 saturated carbocycles. The Balaban J connectivity index is 2.13. The number of alkyl halides is 2. The van der Waals surface area contributed by atoms with Crippen LogP contribution in [0.4, 0.5) is 13.2 Å². The minimum absolute atomic E-state index is 0.489. The maximum Gasteiger partial charge on any atom is 0.420 e. The van der Waals surface area contributed by atoms with Crippen LogP contribution in [0.3, 0.4) is 0 Å². The van der Waals surface area contributed by atoms with Gasteiger partial charge in [-0.15, -0.1) is 0 Å². The third-order valence-corrected chi connectivity index (χ3v) is 2.89. The number of rotatable bonds is 4. The van der Waals surface area contributed by atoms with Crippen LogP contribution in [0.5, 0.6) is 5.75 Å². The summed E-state index contributed by atoms with van der Waals surface area (Å²) in [6.45, 7) is 0. The number of hydrogen-bond donors (Lipinski definition) is 0. The topological polar surface area (TPSA) is 9.23 Å². The van der Waals surface area contributed by atoms with Gasteiger partial charge in [0.1, 0.15) is 0 Å². The molecule has 2 rings (SSSR count). The Morgan fingerprint density at radius 3 is 2.50 bits per heavy atom. The van der Waals surface area contributed by atoms with Gasteiger partial charge in [-0.3, -0.25) is 0 Å². The van der Waals surface area contributed by atoms with Crippen molar-refractivity contribution in [2.75, 3.05) is 0 Å². The lowest BCUT2D eigenvalue weighted by Crippen LogP contribution is -2.21. The van der Waals surface area contributed by atoms with Crippen LogP contribution in [0.2, 0.25) is 0 Å². The standard InChI is InChI=1S/C15H10BrF3O/c16-12-5-3-4-11(10-12)8-9-15(18,19)20-14-7-2-1-6-13(14)17/h1-10H. The molecule has 2 aromatic carbocycles. The van der Waals surface area contributed by atoms with Crippen LogP contribution in [0.1, 0.15) is 5.56 Å². The van der Waals surface area contributed by atoms with Crippen molar-refractivity contribution in [1.29, 1.82) is 0 Å². The first-order chi connectivity index (χ1) is 9.46. The Hall–Kier alpha value is -1.75. The third kappa shape index (κ3) is 4.13. The van der Waals surface area contributed by atoms with Gasteiger partial charge in [-0.1, -0.05) is 40.2 Å². The lowest BCUT2D eigenvalue weighted by atomic mass is 10.2. The van der Waals surface area contributed by atoms with Gasteiger partial charge in [0.05, 0.1) is 0 Å². The van der Waals surface area contributed by atoms with Crippen molar-refractivity contribution < 1.29 is 17.9 Å². The van der Waals surface area contributed by atoms with E-state index in [1.165, 1.54) is 18.2 Å². The molecule has 20 heavy (non-hydrogen) atoms. The fourth-order valence-electron chi connectivity index (χ4n) is 1.51. The van der Waals surface area contributed by atoms with Crippen molar-refractivity contribution in [3.63, 3.8) is 0 Å². The second-order valence-electron chi connectivity index (χ2n) is 3.98. The molecule has 0 atom stereocenters. The molecule has 1 nitrogen and oxygen atoms in total. The van der Waals surface area contributed by atoms with Crippen LogP contribution in [0.25, 0.3) is 6.08 Å². The van der Waals surface area contributed by atoms with Gasteiger partial charge in [-0.25, -0.2) is 4.39 Å². The number of hydrogen-bond acceptors (Lipinski definition) is 1. The van der Waals surface area contributed by atoms with E-state index in [9.17, 15) is 13.2 Å². The quantitative estimate of drug-likeness (QED) is 0.735. The van der Waals surface area contributed by atoms with Gasteiger partial charge in [0.2, 0.25) is 0 Å². The Morgan fingerprint density at radius 1 is 1.05 bits per heavy atom. The normalized spacial score (nSPS) is 11.8. The Bertz CT molecular complexity index is 626. The van der Waals surface area contributed by atoms with Crippen LogP contribution >= 0.6 is 15.9 Å². The zero-order chi connectivity index (χ0) is 14.6. The smallest absolute Gasteiger partial charge is 0.420 e. The predicted molar refractivity (Wildman–Crippen MR) is 75.2 cm³/mol. The van der Waals surface area contributed by atoms with Gasteiger partial charge in [0.25, 0.3) is 0 Å². The molecule has 0 aliphatic carbocycles. The summed E-state index contributed by atoms with van der Waals surface area (Å²) in [5.74, 6) is -1.32. The van der Waals surface area contributed by atoms with Crippen molar-refractivity contribution in [2.45, 2.75) is 6.11 Å². The summed E-state index contributed by atoms with van der Waals surface area (Å²) in [5, 5.41) is 0. The van der Waals surface area contributed by atoms with Crippen molar-refractivity contribution in [3.05, 3.63) is 70.5 Å². The molecule has 0 amide bonds. The van der Waals surface area contributed by atoms with Crippen LogP contribution in [-0.2, 0) is 0 Å². The van der Waals surface area contributed by atoms with E-state index in [-0.39, 0.29) is 0 Å². The number of halogens is 4. The van der Waals surface area contributed by atoms with Gasteiger partial charge in [-0.2, -0.15) is 8.78 Å². The number of para-hydroxylation sites is 1. The van der Waals surface area contributed by atoms with E-state index in [4.69, 9.17) is 0 Å². The highest BCUT2D eigenvalue weighted by Gasteiger charge is 2.28. The minimum Gasteiger partial charge on any atom is -0.426 e. The Kier molecular flexibility index (Phi) is 4.49. The molecule has 104 valence electrons. The first-order valence-electron chi connectivity index (χ1n) is 5.72. The summed E-state index contributed by atoms with van der Waals surface area (Å²) >= 11 is 3.24.